The summed E-state index contributed by atoms with van der Waals surface area (Å²) in [5.74, 6) is 0. The average molecular weight is 507 g/mol. The van der Waals surface area contributed by atoms with Crippen LogP contribution in [0.2, 0.25) is 0 Å². The van der Waals surface area contributed by atoms with Crippen LogP contribution in [0.1, 0.15) is 57.6 Å². The van der Waals surface area contributed by atoms with E-state index in [9.17, 15) is 18.0 Å². The molecule has 1 saturated carbocycles. The lowest BCUT2D eigenvalue weighted by atomic mass is 9.80. The highest BCUT2D eigenvalue weighted by Gasteiger charge is 2.57. The first kappa shape index (κ1) is 28.0. The number of hydrogen-bond donors (Lipinski definition) is 1. The van der Waals surface area contributed by atoms with Crippen LogP contribution >= 0.6 is 0 Å². The molecule has 0 bridgehead atoms. The SMILES string of the molecule is CC(C)(C)NC(=O)OCCOC1(C(F)(F)F)CCC(N(Cc2ccccc2)Cc2ccccc2)CC1. The monoisotopic (exact) mass is 506 g/mol. The smallest absolute Gasteiger partial charge is 0.417 e. The van der Waals surface area contributed by atoms with Crippen LogP contribution in [0.5, 0.6) is 0 Å². The van der Waals surface area contributed by atoms with Crippen LogP contribution in [0.3, 0.4) is 0 Å². The van der Waals surface area contributed by atoms with Crippen LogP contribution in [0.15, 0.2) is 60.7 Å². The van der Waals surface area contributed by atoms with E-state index in [2.05, 4.69) is 10.2 Å². The second-order valence-corrected chi connectivity index (χ2v) is 10.5. The van der Waals surface area contributed by atoms with Gasteiger partial charge in [0, 0.05) is 24.7 Å². The van der Waals surface area contributed by atoms with Crippen LogP contribution < -0.4 is 5.32 Å². The molecule has 0 spiro atoms. The van der Waals surface area contributed by atoms with Crippen molar-refractivity contribution in [1.29, 1.82) is 0 Å². The second kappa shape index (κ2) is 12.1. The van der Waals surface area contributed by atoms with E-state index in [0.717, 1.165) is 11.1 Å². The predicted molar refractivity (Wildman–Crippen MR) is 133 cm³/mol. The highest BCUT2D eigenvalue weighted by atomic mass is 19.4. The normalized spacial score (nSPS) is 20.8. The van der Waals surface area contributed by atoms with Gasteiger partial charge in [-0.3, -0.25) is 4.90 Å². The molecule has 1 amide bonds. The Morgan fingerprint density at radius 1 is 0.917 bits per heavy atom. The molecule has 1 fully saturated rings. The minimum Gasteiger partial charge on any atom is -0.447 e. The maximum absolute atomic E-state index is 14.2. The molecule has 3 rings (SSSR count). The van der Waals surface area contributed by atoms with Crippen LogP contribution in [0.4, 0.5) is 18.0 Å². The van der Waals surface area contributed by atoms with Crippen molar-refractivity contribution in [2.24, 2.45) is 0 Å². The zero-order chi connectivity index (χ0) is 26.2. The van der Waals surface area contributed by atoms with Gasteiger partial charge < -0.3 is 14.8 Å². The lowest BCUT2D eigenvalue weighted by molar-refractivity contribution is -0.291. The van der Waals surface area contributed by atoms with Gasteiger partial charge in [-0.2, -0.15) is 13.2 Å². The second-order valence-electron chi connectivity index (χ2n) is 10.5. The number of rotatable bonds is 9. The number of carbonyl (C=O) groups excluding carboxylic acids is 1. The number of ether oxygens (including phenoxy) is 2. The molecule has 198 valence electrons. The van der Waals surface area contributed by atoms with Crippen LogP contribution in [-0.2, 0) is 22.6 Å². The van der Waals surface area contributed by atoms with Gasteiger partial charge in [-0.25, -0.2) is 4.79 Å². The quantitative estimate of drug-likeness (QED) is 0.396. The van der Waals surface area contributed by atoms with Crippen molar-refractivity contribution in [2.75, 3.05) is 13.2 Å². The summed E-state index contributed by atoms with van der Waals surface area (Å²) < 4.78 is 52.9. The minimum absolute atomic E-state index is 0.00157. The number of nitrogens with one attached hydrogen (secondary N) is 1. The van der Waals surface area contributed by atoms with Crippen molar-refractivity contribution in [2.45, 2.75) is 82.9 Å². The molecule has 1 N–H and O–H groups in total. The fraction of sp³-hybridized carbons (Fsp3) is 0.536. The van der Waals surface area contributed by atoms with E-state index in [1.54, 1.807) is 20.8 Å². The molecule has 0 aliphatic heterocycles. The molecular formula is C28H37F3N2O3. The van der Waals surface area contributed by atoms with Crippen molar-refractivity contribution in [1.82, 2.24) is 10.2 Å². The van der Waals surface area contributed by atoms with Gasteiger partial charge in [0.05, 0.1) is 6.61 Å². The molecule has 0 saturated heterocycles. The first-order chi connectivity index (χ1) is 17.0. The number of hydrogen-bond acceptors (Lipinski definition) is 4. The largest absolute Gasteiger partial charge is 0.447 e. The maximum Gasteiger partial charge on any atom is 0.417 e. The summed E-state index contributed by atoms with van der Waals surface area (Å²) >= 11 is 0. The highest BCUT2D eigenvalue weighted by molar-refractivity contribution is 5.68. The number of alkyl halides is 3. The molecule has 1 aliphatic rings. The third-order valence-electron chi connectivity index (χ3n) is 6.42. The van der Waals surface area contributed by atoms with Crippen LogP contribution in [0, 0.1) is 0 Å². The summed E-state index contributed by atoms with van der Waals surface area (Å²) in [6, 6.07) is 20.0. The molecule has 2 aromatic carbocycles. The topological polar surface area (TPSA) is 50.8 Å². The zero-order valence-electron chi connectivity index (χ0n) is 21.3. The molecule has 0 unspecified atom stereocenters. The molecule has 36 heavy (non-hydrogen) atoms. The summed E-state index contributed by atoms with van der Waals surface area (Å²) in [6.07, 6.45) is -4.71. The summed E-state index contributed by atoms with van der Waals surface area (Å²) in [7, 11) is 0. The Kier molecular flexibility index (Phi) is 9.41. The van der Waals surface area contributed by atoms with Crippen molar-refractivity contribution < 1.29 is 27.4 Å². The van der Waals surface area contributed by atoms with E-state index in [-0.39, 0.29) is 32.1 Å². The Balaban J connectivity index is 1.63. The summed E-state index contributed by atoms with van der Waals surface area (Å²) in [5.41, 5.74) is -0.459. The number of halogens is 3. The average Bonchev–Trinajstić information content (AvgIpc) is 2.81. The first-order valence-corrected chi connectivity index (χ1v) is 12.4. The van der Waals surface area contributed by atoms with Crippen molar-refractivity contribution in [3.05, 3.63) is 71.8 Å². The van der Waals surface area contributed by atoms with E-state index in [1.165, 1.54) is 0 Å². The summed E-state index contributed by atoms with van der Waals surface area (Å²) in [4.78, 5) is 14.1. The third kappa shape index (κ3) is 8.23. The maximum atomic E-state index is 14.2. The van der Waals surface area contributed by atoms with Gasteiger partial charge in [0.2, 0.25) is 0 Å². The van der Waals surface area contributed by atoms with E-state index < -0.39 is 23.4 Å². The van der Waals surface area contributed by atoms with Crippen molar-refractivity contribution >= 4 is 6.09 Å². The van der Waals surface area contributed by atoms with E-state index in [0.29, 0.717) is 25.9 Å². The van der Waals surface area contributed by atoms with Crippen molar-refractivity contribution in [3.63, 3.8) is 0 Å². The van der Waals surface area contributed by atoms with Crippen LogP contribution in [-0.4, -0.2) is 47.6 Å². The van der Waals surface area contributed by atoms with E-state index >= 15 is 0 Å². The molecule has 1 aliphatic carbocycles. The summed E-state index contributed by atoms with van der Waals surface area (Å²) in [6.45, 7) is 6.16. The predicted octanol–water partition coefficient (Wildman–Crippen LogP) is 6.47. The molecule has 8 heteroatoms. The number of benzene rings is 2. The highest BCUT2D eigenvalue weighted by Crippen LogP contribution is 2.45. The van der Waals surface area contributed by atoms with Gasteiger partial charge in [0.25, 0.3) is 0 Å². The Bertz CT molecular complexity index is 897. The zero-order valence-corrected chi connectivity index (χ0v) is 21.3. The third-order valence-corrected chi connectivity index (χ3v) is 6.42. The van der Waals surface area contributed by atoms with Gasteiger partial charge in [0.15, 0.2) is 5.60 Å². The van der Waals surface area contributed by atoms with E-state index in [1.807, 2.05) is 60.7 Å². The molecule has 0 aromatic heterocycles. The fourth-order valence-electron chi connectivity index (χ4n) is 4.61. The minimum atomic E-state index is -4.50. The molecule has 0 atom stereocenters. The Hall–Kier alpha value is -2.58. The summed E-state index contributed by atoms with van der Waals surface area (Å²) in [5, 5.41) is 2.61. The van der Waals surface area contributed by atoms with Gasteiger partial charge in [-0.1, -0.05) is 60.7 Å². The first-order valence-electron chi connectivity index (χ1n) is 12.4. The lowest BCUT2D eigenvalue weighted by Crippen LogP contribution is -2.53. The fourth-order valence-corrected chi connectivity index (χ4v) is 4.61. The number of carbonyl (C=O) groups is 1. The Morgan fingerprint density at radius 2 is 1.42 bits per heavy atom. The molecule has 2 aromatic rings. The van der Waals surface area contributed by atoms with E-state index in [4.69, 9.17) is 9.47 Å². The van der Waals surface area contributed by atoms with Gasteiger partial charge in [-0.15, -0.1) is 0 Å². The van der Waals surface area contributed by atoms with Gasteiger partial charge in [0.1, 0.15) is 6.61 Å². The van der Waals surface area contributed by atoms with Crippen molar-refractivity contribution in [3.8, 4) is 0 Å². The lowest BCUT2D eigenvalue weighted by Gasteiger charge is -2.44. The van der Waals surface area contributed by atoms with Gasteiger partial charge in [-0.05, 0) is 57.6 Å². The molecule has 0 heterocycles. The Labute approximate surface area is 212 Å². The number of amides is 1. The Morgan fingerprint density at radius 3 is 1.86 bits per heavy atom. The van der Waals surface area contributed by atoms with Gasteiger partial charge >= 0.3 is 12.3 Å². The van der Waals surface area contributed by atoms with Crippen LogP contribution in [0.25, 0.3) is 0 Å². The molecular weight excluding hydrogens is 469 g/mol. The number of nitrogens with zero attached hydrogens (tertiary/aromatic N) is 1. The molecule has 0 radical (unpaired) electrons. The standard InChI is InChI=1S/C28H37F3N2O3/c1-26(2,3)32-25(34)35-18-19-36-27(28(29,30)31)16-14-24(15-17-27)33(20-22-10-6-4-7-11-22)21-23-12-8-5-9-13-23/h4-13,24H,14-21H2,1-3H3,(H,32,34). The number of alkyl carbamates (subject to hydrolysis) is 1. The molecule has 5 nitrogen and oxygen atoms in total.